The maximum atomic E-state index is 13.2. The van der Waals surface area contributed by atoms with Gasteiger partial charge in [-0.15, -0.1) is 0 Å². The van der Waals surface area contributed by atoms with Gasteiger partial charge in [-0.1, -0.05) is 5.16 Å². The summed E-state index contributed by atoms with van der Waals surface area (Å²) in [4.78, 5) is 54.8. The number of nitrogens with one attached hydrogen (secondary N) is 1. The van der Waals surface area contributed by atoms with Gasteiger partial charge in [0.2, 0.25) is 5.91 Å². The Balaban J connectivity index is 1.40. The zero-order chi connectivity index (χ0) is 28.8. The van der Waals surface area contributed by atoms with Crippen LogP contribution >= 0.6 is 0 Å². The number of aryl methyl sites for hydroxylation is 3. The van der Waals surface area contributed by atoms with Gasteiger partial charge < -0.3 is 14.4 Å². The van der Waals surface area contributed by atoms with E-state index < -0.39 is 29.0 Å². The molecular formula is C24H20F3N9O4. The number of amides is 1. The number of aromatic nitrogens is 8. The summed E-state index contributed by atoms with van der Waals surface area (Å²) in [6.45, 7) is 2.46. The van der Waals surface area contributed by atoms with Gasteiger partial charge in [-0.05, 0) is 25.5 Å². The van der Waals surface area contributed by atoms with E-state index in [1.807, 2.05) is 0 Å². The Hall–Kier alpha value is -5.15. The van der Waals surface area contributed by atoms with Crippen LogP contribution in [0.25, 0.3) is 22.4 Å². The third-order valence-electron chi connectivity index (χ3n) is 5.96. The third kappa shape index (κ3) is 4.97. The van der Waals surface area contributed by atoms with Crippen LogP contribution in [0.15, 0.2) is 51.2 Å². The molecule has 0 radical (unpaired) electrons. The summed E-state index contributed by atoms with van der Waals surface area (Å²) in [6.07, 6.45) is 0.274. The number of hydrogen-bond donors (Lipinski definition) is 1. The first-order chi connectivity index (χ1) is 18.9. The minimum Gasteiger partial charge on any atom is -0.361 e. The van der Waals surface area contributed by atoms with E-state index >= 15 is 0 Å². The largest absolute Gasteiger partial charge is 0.433 e. The van der Waals surface area contributed by atoms with Crippen LogP contribution in [0.2, 0.25) is 0 Å². The topological polar surface area (TPSA) is 156 Å². The minimum absolute atomic E-state index is 0.0172. The van der Waals surface area contributed by atoms with Crippen LogP contribution in [0, 0.1) is 13.8 Å². The average molecular weight is 555 g/mol. The molecule has 1 N–H and O–H groups in total. The van der Waals surface area contributed by atoms with Crippen molar-refractivity contribution in [2.45, 2.75) is 33.1 Å². The molecule has 16 heteroatoms. The standard InChI is InChI=1S/C24H20F3N9O4/c1-12-4-14(6-29-20(12)24(25,26)27)16-7-28-8-17(31-16)32-18(37)10-35-11-30-21-19(35)22(38)36(23(39)34(21)3)9-15-5-13(2)40-33-15/h4-8,11H,9-10H2,1-3H3,(H,31,32,37). The van der Waals surface area contributed by atoms with Crippen molar-refractivity contribution in [2.24, 2.45) is 7.05 Å². The van der Waals surface area contributed by atoms with E-state index in [1.54, 1.807) is 13.0 Å². The minimum atomic E-state index is -4.59. The maximum Gasteiger partial charge on any atom is 0.433 e. The predicted molar refractivity (Wildman–Crippen MR) is 133 cm³/mol. The molecule has 13 nitrogen and oxygen atoms in total. The number of alkyl halides is 3. The van der Waals surface area contributed by atoms with Gasteiger partial charge in [-0.3, -0.25) is 28.7 Å². The van der Waals surface area contributed by atoms with Crippen LogP contribution < -0.4 is 16.6 Å². The molecule has 0 spiro atoms. The summed E-state index contributed by atoms with van der Waals surface area (Å²) >= 11 is 0. The summed E-state index contributed by atoms with van der Waals surface area (Å²) in [6, 6.07) is 2.87. The molecular weight excluding hydrogens is 535 g/mol. The van der Waals surface area contributed by atoms with Crippen LogP contribution in [0.3, 0.4) is 0 Å². The van der Waals surface area contributed by atoms with Gasteiger partial charge in [0.25, 0.3) is 5.56 Å². The highest BCUT2D eigenvalue weighted by molar-refractivity contribution is 5.90. The van der Waals surface area contributed by atoms with E-state index in [1.165, 1.54) is 47.9 Å². The molecule has 206 valence electrons. The number of nitrogens with zero attached hydrogens (tertiary/aromatic N) is 8. The number of carbonyl (C=O) groups excluding carboxylic acids is 1. The summed E-state index contributed by atoms with van der Waals surface area (Å²) in [5.41, 5.74) is -1.44. The van der Waals surface area contributed by atoms with Crippen molar-refractivity contribution in [3.63, 3.8) is 0 Å². The van der Waals surface area contributed by atoms with Crippen LogP contribution in [-0.4, -0.2) is 44.7 Å². The van der Waals surface area contributed by atoms with E-state index in [0.717, 1.165) is 10.8 Å². The van der Waals surface area contributed by atoms with E-state index in [4.69, 9.17) is 4.52 Å². The molecule has 0 saturated carbocycles. The van der Waals surface area contributed by atoms with Gasteiger partial charge in [-0.25, -0.2) is 14.8 Å². The molecule has 5 rings (SSSR count). The van der Waals surface area contributed by atoms with Gasteiger partial charge >= 0.3 is 11.9 Å². The number of rotatable bonds is 6. The fourth-order valence-electron chi connectivity index (χ4n) is 4.15. The Bertz CT molecular complexity index is 1890. The van der Waals surface area contributed by atoms with Crippen LogP contribution in [0.5, 0.6) is 0 Å². The quantitative estimate of drug-likeness (QED) is 0.331. The lowest BCUT2D eigenvalue weighted by Crippen LogP contribution is -2.40. The molecule has 5 aromatic rings. The number of fused-ring (bicyclic) bond motifs is 1. The molecule has 0 bridgehead atoms. The van der Waals surface area contributed by atoms with Gasteiger partial charge in [0.1, 0.15) is 23.7 Å². The van der Waals surface area contributed by atoms with Crippen molar-refractivity contribution in [3.05, 3.63) is 80.6 Å². The van der Waals surface area contributed by atoms with Crippen molar-refractivity contribution in [1.82, 2.24) is 38.8 Å². The second-order valence-corrected chi connectivity index (χ2v) is 8.93. The molecule has 40 heavy (non-hydrogen) atoms. The monoisotopic (exact) mass is 555 g/mol. The van der Waals surface area contributed by atoms with E-state index in [2.05, 4.69) is 30.4 Å². The van der Waals surface area contributed by atoms with Crippen LogP contribution in [-0.2, 0) is 31.1 Å². The molecule has 0 aromatic carbocycles. The van der Waals surface area contributed by atoms with Crippen molar-refractivity contribution in [1.29, 1.82) is 0 Å². The Kier molecular flexibility index (Phi) is 6.53. The molecule has 5 aromatic heterocycles. The predicted octanol–water partition coefficient (Wildman–Crippen LogP) is 2.06. The van der Waals surface area contributed by atoms with Gasteiger partial charge in [0.05, 0.1) is 31.0 Å². The molecule has 0 aliphatic rings. The Labute approximate surface area is 221 Å². The Morgan fingerprint density at radius 1 is 1.10 bits per heavy atom. The summed E-state index contributed by atoms with van der Waals surface area (Å²) in [7, 11) is 1.45. The van der Waals surface area contributed by atoms with E-state index in [9.17, 15) is 27.6 Å². The Morgan fingerprint density at radius 2 is 1.88 bits per heavy atom. The average Bonchev–Trinajstić information content (AvgIpc) is 3.50. The lowest BCUT2D eigenvalue weighted by atomic mass is 10.1. The third-order valence-corrected chi connectivity index (χ3v) is 5.96. The van der Waals surface area contributed by atoms with Gasteiger partial charge in [-0.2, -0.15) is 13.2 Å². The fraction of sp³-hybridized carbons (Fsp3) is 0.250. The molecule has 0 unspecified atom stereocenters. The lowest BCUT2D eigenvalue weighted by Gasteiger charge is -2.11. The van der Waals surface area contributed by atoms with E-state index in [-0.39, 0.29) is 46.9 Å². The molecule has 0 aliphatic carbocycles. The number of carbonyl (C=O) groups is 1. The first kappa shape index (κ1) is 26.5. The Morgan fingerprint density at radius 3 is 2.55 bits per heavy atom. The maximum absolute atomic E-state index is 13.2. The molecule has 1 amide bonds. The summed E-state index contributed by atoms with van der Waals surface area (Å²) in [5.74, 6) is -0.0605. The van der Waals surface area contributed by atoms with E-state index in [0.29, 0.717) is 11.5 Å². The number of pyridine rings is 1. The number of imidazole rings is 1. The SMILES string of the molecule is Cc1cc(Cn2c(=O)c3c(ncn3CC(=O)Nc3cncc(-c4cnc(C(F)(F)F)c(C)c4)n3)n(C)c2=O)no1. The van der Waals surface area contributed by atoms with Crippen LogP contribution in [0.4, 0.5) is 19.0 Å². The first-order valence-electron chi connectivity index (χ1n) is 11.7. The number of hydrogen-bond acceptors (Lipinski definition) is 9. The summed E-state index contributed by atoms with van der Waals surface area (Å²) in [5, 5.41) is 6.37. The van der Waals surface area contributed by atoms with Crippen molar-refractivity contribution < 1.29 is 22.5 Å². The van der Waals surface area contributed by atoms with Crippen molar-refractivity contribution in [3.8, 4) is 11.3 Å². The smallest absolute Gasteiger partial charge is 0.361 e. The molecule has 0 saturated heterocycles. The highest BCUT2D eigenvalue weighted by atomic mass is 19.4. The van der Waals surface area contributed by atoms with Crippen molar-refractivity contribution in [2.75, 3.05) is 5.32 Å². The molecule has 0 aliphatic heterocycles. The number of halogens is 3. The van der Waals surface area contributed by atoms with Crippen molar-refractivity contribution >= 4 is 22.9 Å². The normalized spacial score (nSPS) is 11.8. The highest BCUT2D eigenvalue weighted by Gasteiger charge is 2.34. The second-order valence-electron chi connectivity index (χ2n) is 8.93. The second kappa shape index (κ2) is 9.87. The highest BCUT2D eigenvalue weighted by Crippen LogP contribution is 2.31. The summed E-state index contributed by atoms with van der Waals surface area (Å²) < 4.78 is 47.6. The van der Waals surface area contributed by atoms with Gasteiger partial charge in [0.15, 0.2) is 17.0 Å². The van der Waals surface area contributed by atoms with Crippen LogP contribution in [0.1, 0.15) is 22.7 Å². The van der Waals surface area contributed by atoms with Gasteiger partial charge in [0, 0.05) is 24.9 Å². The molecule has 0 fully saturated rings. The molecule has 0 atom stereocenters. The lowest BCUT2D eigenvalue weighted by molar-refractivity contribution is -0.141. The zero-order valence-electron chi connectivity index (χ0n) is 21.2. The zero-order valence-corrected chi connectivity index (χ0v) is 21.2. The molecule has 5 heterocycles. The number of anilines is 1. The first-order valence-corrected chi connectivity index (χ1v) is 11.7. The fourth-order valence-corrected chi connectivity index (χ4v) is 4.15.